The fourth-order valence-electron chi connectivity index (χ4n) is 2.70. The highest BCUT2D eigenvalue weighted by atomic mass is 16.5. The number of aliphatic hydroxyl groups is 1. The highest BCUT2D eigenvalue weighted by Gasteiger charge is 2.19. The fraction of sp³-hybridized carbons (Fsp3) is 0.556. The molecule has 1 heterocycles. The molecule has 0 spiro atoms. The molecule has 1 aromatic carbocycles. The third-order valence-electron chi connectivity index (χ3n) is 3.81. The first kappa shape index (κ1) is 16.0. The first-order chi connectivity index (χ1) is 10.3. The normalized spacial score (nSPS) is 16.5. The Balaban J connectivity index is 1.93. The minimum Gasteiger partial charge on any atom is -0.395 e. The Morgan fingerprint density at radius 3 is 2.76 bits per heavy atom. The van der Waals surface area contributed by atoms with Gasteiger partial charge in [-0.25, -0.2) is 0 Å². The predicted octanol–water partition coefficient (Wildman–Crippen LogP) is 2.42. The molecule has 1 aliphatic rings. The Morgan fingerprint density at radius 2 is 2.05 bits per heavy atom. The molecule has 114 valence electrons. The van der Waals surface area contributed by atoms with Crippen LogP contribution in [0.1, 0.15) is 37.3 Å². The smallest absolute Gasteiger partial charge is 0.0599 e. The number of ether oxygens (including phenoxy) is 1. The zero-order valence-corrected chi connectivity index (χ0v) is 12.8. The van der Waals surface area contributed by atoms with Crippen molar-refractivity contribution >= 4 is 0 Å². The van der Waals surface area contributed by atoms with Crippen molar-refractivity contribution in [2.75, 3.05) is 26.3 Å². The summed E-state index contributed by atoms with van der Waals surface area (Å²) >= 11 is 0. The van der Waals surface area contributed by atoms with E-state index < -0.39 is 0 Å². The molecule has 1 saturated heterocycles. The fourth-order valence-corrected chi connectivity index (χ4v) is 2.70. The van der Waals surface area contributed by atoms with Crippen molar-refractivity contribution in [2.45, 2.75) is 38.8 Å². The number of rotatable bonds is 5. The van der Waals surface area contributed by atoms with Crippen LogP contribution < -0.4 is 0 Å². The maximum absolute atomic E-state index is 8.82. The summed E-state index contributed by atoms with van der Waals surface area (Å²) in [7, 11) is 0. The molecular formula is C18H25NO2. The van der Waals surface area contributed by atoms with Crippen LogP contribution in [-0.4, -0.2) is 42.4 Å². The van der Waals surface area contributed by atoms with E-state index in [-0.39, 0.29) is 6.61 Å². The average Bonchev–Trinajstić information content (AvgIpc) is 2.51. The van der Waals surface area contributed by atoms with Gasteiger partial charge >= 0.3 is 0 Å². The number of nitrogens with zero attached hydrogens (tertiary/aromatic N) is 1. The zero-order chi connectivity index (χ0) is 14.9. The second-order valence-electron chi connectivity index (χ2n) is 5.36. The quantitative estimate of drug-likeness (QED) is 0.844. The Bertz CT molecular complexity index is 481. The van der Waals surface area contributed by atoms with E-state index in [1.807, 2.05) is 6.07 Å². The molecule has 1 fully saturated rings. The Hall–Kier alpha value is -1.34. The number of hydrogen-bond donors (Lipinski definition) is 1. The van der Waals surface area contributed by atoms with E-state index in [1.54, 1.807) is 0 Å². The van der Waals surface area contributed by atoms with Gasteiger partial charge in [0.15, 0.2) is 0 Å². The lowest BCUT2D eigenvalue weighted by Gasteiger charge is -2.31. The maximum atomic E-state index is 8.82. The topological polar surface area (TPSA) is 32.7 Å². The molecule has 0 saturated carbocycles. The lowest BCUT2D eigenvalue weighted by molar-refractivity contribution is 0.0125. The largest absolute Gasteiger partial charge is 0.395 e. The Labute approximate surface area is 127 Å². The van der Waals surface area contributed by atoms with Gasteiger partial charge in [-0.2, -0.15) is 0 Å². The molecule has 0 amide bonds. The van der Waals surface area contributed by atoms with Crippen LogP contribution in [0.3, 0.4) is 0 Å². The highest BCUT2D eigenvalue weighted by molar-refractivity contribution is 5.41. The van der Waals surface area contributed by atoms with Gasteiger partial charge in [0.05, 0.1) is 12.7 Å². The van der Waals surface area contributed by atoms with Crippen LogP contribution in [-0.2, 0) is 11.3 Å². The molecule has 0 aliphatic carbocycles. The van der Waals surface area contributed by atoms with E-state index in [4.69, 9.17) is 9.84 Å². The van der Waals surface area contributed by atoms with Crippen LogP contribution in [0.15, 0.2) is 24.3 Å². The summed E-state index contributed by atoms with van der Waals surface area (Å²) in [4.78, 5) is 2.47. The summed E-state index contributed by atoms with van der Waals surface area (Å²) < 4.78 is 5.70. The van der Waals surface area contributed by atoms with Gasteiger partial charge in [0, 0.05) is 38.2 Å². The van der Waals surface area contributed by atoms with Crippen molar-refractivity contribution in [3.63, 3.8) is 0 Å². The monoisotopic (exact) mass is 287 g/mol. The van der Waals surface area contributed by atoms with Crippen molar-refractivity contribution in [3.05, 3.63) is 35.4 Å². The molecule has 2 rings (SSSR count). The maximum Gasteiger partial charge on any atom is 0.0599 e. The second-order valence-corrected chi connectivity index (χ2v) is 5.36. The van der Waals surface area contributed by atoms with Crippen molar-refractivity contribution < 1.29 is 9.84 Å². The van der Waals surface area contributed by atoms with Gasteiger partial charge in [-0.05, 0) is 31.4 Å². The van der Waals surface area contributed by atoms with Gasteiger partial charge < -0.3 is 9.84 Å². The summed E-state index contributed by atoms with van der Waals surface area (Å²) in [6.07, 6.45) is 3.21. The first-order valence-corrected chi connectivity index (χ1v) is 7.85. The van der Waals surface area contributed by atoms with Crippen molar-refractivity contribution in [1.82, 2.24) is 4.90 Å². The van der Waals surface area contributed by atoms with Crippen molar-refractivity contribution in [3.8, 4) is 11.8 Å². The van der Waals surface area contributed by atoms with Crippen molar-refractivity contribution in [1.29, 1.82) is 0 Å². The molecule has 1 aliphatic heterocycles. The summed E-state index contributed by atoms with van der Waals surface area (Å²) in [6, 6.07) is 8.30. The average molecular weight is 287 g/mol. The van der Waals surface area contributed by atoms with E-state index >= 15 is 0 Å². The zero-order valence-electron chi connectivity index (χ0n) is 12.8. The summed E-state index contributed by atoms with van der Waals surface area (Å²) in [6.45, 7) is 6.12. The molecule has 1 N–H and O–H groups in total. The number of benzene rings is 1. The van der Waals surface area contributed by atoms with E-state index in [0.29, 0.717) is 12.5 Å². The summed E-state index contributed by atoms with van der Waals surface area (Å²) in [5.74, 6) is 6.19. The lowest BCUT2D eigenvalue weighted by atomic mass is 10.0. The van der Waals surface area contributed by atoms with Crippen molar-refractivity contribution in [2.24, 2.45) is 0 Å². The van der Waals surface area contributed by atoms with E-state index in [2.05, 4.69) is 41.9 Å². The van der Waals surface area contributed by atoms with Crippen LogP contribution in [0.2, 0.25) is 0 Å². The van der Waals surface area contributed by atoms with Gasteiger partial charge in [0.25, 0.3) is 0 Å². The van der Waals surface area contributed by atoms with Crippen LogP contribution >= 0.6 is 0 Å². The molecule has 0 bridgehead atoms. The third-order valence-corrected chi connectivity index (χ3v) is 3.81. The van der Waals surface area contributed by atoms with Gasteiger partial charge in [0.1, 0.15) is 0 Å². The van der Waals surface area contributed by atoms with Crippen LogP contribution in [0, 0.1) is 11.8 Å². The van der Waals surface area contributed by atoms with E-state index in [1.165, 1.54) is 5.56 Å². The van der Waals surface area contributed by atoms with Crippen LogP contribution in [0.5, 0.6) is 0 Å². The summed E-state index contributed by atoms with van der Waals surface area (Å²) in [5, 5.41) is 8.82. The van der Waals surface area contributed by atoms with Gasteiger partial charge in [0.2, 0.25) is 0 Å². The number of hydrogen-bond acceptors (Lipinski definition) is 3. The van der Waals surface area contributed by atoms with E-state index in [0.717, 1.165) is 44.6 Å². The molecule has 21 heavy (non-hydrogen) atoms. The predicted molar refractivity (Wildman–Crippen MR) is 84.9 cm³/mol. The number of piperidine rings is 1. The van der Waals surface area contributed by atoms with E-state index in [9.17, 15) is 0 Å². The minimum atomic E-state index is 0.125. The number of aliphatic hydroxyl groups excluding tert-OH is 1. The first-order valence-electron chi connectivity index (χ1n) is 7.85. The Kier molecular flexibility index (Phi) is 6.75. The second kappa shape index (κ2) is 8.84. The molecule has 1 aromatic rings. The van der Waals surface area contributed by atoms with Gasteiger partial charge in [-0.1, -0.05) is 30.0 Å². The molecule has 0 atom stereocenters. The summed E-state index contributed by atoms with van der Waals surface area (Å²) in [5.41, 5.74) is 2.36. The number of likely N-dealkylation sites (tertiary alicyclic amines) is 1. The van der Waals surface area contributed by atoms with Crippen LogP contribution in [0.4, 0.5) is 0 Å². The standard InChI is InChI=1S/C18H25NO2/c1-2-21-18-10-12-19(13-11-18)15-17-9-4-3-7-16(17)8-5-6-14-20/h3-4,7,9,18,20H,2,6,10-15H2,1H3. The lowest BCUT2D eigenvalue weighted by Crippen LogP contribution is -2.36. The van der Waals surface area contributed by atoms with Gasteiger partial charge in [-0.3, -0.25) is 4.90 Å². The Morgan fingerprint density at radius 1 is 1.29 bits per heavy atom. The minimum absolute atomic E-state index is 0.125. The van der Waals surface area contributed by atoms with Gasteiger partial charge in [-0.15, -0.1) is 0 Å². The third kappa shape index (κ3) is 5.17. The highest BCUT2D eigenvalue weighted by Crippen LogP contribution is 2.17. The molecule has 0 radical (unpaired) electrons. The molecule has 0 unspecified atom stereocenters. The molecule has 0 aromatic heterocycles. The molecule has 3 nitrogen and oxygen atoms in total. The molecular weight excluding hydrogens is 262 g/mol. The molecule has 3 heteroatoms. The SMILES string of the molecule is CCOC1CCN(Cc2ccccc2C#CCCO)CC1. The van der Waals surface area contributed by atoms with Crippen LogP contribution in [0.25, 0.3) is 0 Å².